The molecule has 1 aromatic heterocycles. The molecule has 7 rings (SSSR count). The Labute approximate surface area is 289 Å². The highest BCUT2D eigenvalue weighted by Gasteiger charge is 2.48. The summed E-state index contributed by atoms with van der Waals surface area (Å²) in [5.74, 6) is 0.282. The number of ether oxygens (including phenoxy) is 2. The lowest BCUT2D eigenvalue weighted by atomic mass is 9.68. The summed E-state index contributed by atoms with van der Waals surface area (Å²) in [6, 6.07) is 20.2. The third kappa shape index (κ3) is 7.09. The number of unbranched alkanes of at least 4 members (excludes halogenated alkanes) is 1. The molecule has 0 radical (unpaired) electrons. The fraction of sp³-hybridized carbons (Fsp3) is 0.447. The largest absolute Gasteiger partial charge is 0.457 e. The number of benzene rings is 3. The van der Waals surface area contributed by atoms with Crippen molar-refractivity contribution >= 4 is 22.4 Å². The van der Waals surface area contributed by atoms with Gasteiger partial charge in [0.1, 0.15) is 23.5 Å². The summed E-state index contributed by atoms with van der Waals surface area (Å²) in [5, 5.41) is 8.07. The van der Waals surface area contributed by atoms with Crippen LogP contribution in [0.3, 0.4) is 0 Å². The Bertz CT molecular complexity index is 1840. The number of nitrogens with one attached hydrogen (secondary N) is 1. The summed E-state index contributed by atoms with van der Waals surface area (Å²) in [4.78, 5) is 31.9. The first-order valence-corrected chi connectivity index (χ1v) is 17.5. The second-order valence-corrected chi connectivity index (χ2v) is 13.5. The number of nitrogens with zero attached hydrogens (tertiary/aromatic N) is 4. The van der Waals surface area contributed by atoms with Crippen LogP contribution in [0, 0.1) is 0 Å². The number of para-hydroxylation sites is 2. The quantitative estimate of drug-likeness (QED) is 0.204. The van der Waals surface area contributed by atoms with E-state index < -0.39 is 24.0 Å². The van der Waals surface area contributed by atoms with Gasteiger partial charge in [-0.05, 0) is 62.9 Å². The van der Waals surface area contributed by atoms with E-state index in [9.17, 15) is 22.8 Å². The van der Waals surface area contributed by atoms with E-state index in [1.54, 1.807) is 54.7 Å². The van der Waals surface area contributed by atoms with Crippen LogP contribution >= 0.6 is 0 Å². The summed E-state index contributed by atoms with van der Waals surface area (Å²) in [5.41, 5.74) is 0.740. The van der Waals surface area contributed by atoms with Crippen molar-refractivity contribution in [2.45, 2.75) is 62.8 Å². The molecule has 1 N–H and O–H groups in total. The molecule has 0 spiro atoms. The fourth-order valence-corrected chi connectivity index (χ4v) is 7.63. The number of hydrogen-bond acceptors (Lipinski definition) is 7. The maximum atomic E-state index is 13.9. The second-order valence-electron chi connectivity index (χ2n) is 13.5. The molecule has 1 unspecified atom stereocenters. The predicted octanol–water partition coefficient (Wildman–Crippen LogP) is 6.03. The molecule has 50 heavy (non-hydrogen) atoms. The number of hydrogen-bond donors (Lipinski definition) is 1. The minimum Gasteiger partial charge on any atom is -0.457 e. The third-order valence-electron chi connectivity index (χ3n) is 10.3. The van der Waals surface area contributed by atoms with Gasteiger partial charge in [0.2, 0.25) is 5.91 Å². The molecule has 3 aromatic carbocycles. The van der Waals surface area contributed by atoms with E-state index in [0.29, 0.717) is 47.4 Å². The van der Waals surface area contributed by atoms with E-state index in [4.69, 9.17) is 9.47 Å². The summed E-state index contributed by atoms with van der Waals surface area (Å²) in [6.45, 7) is 3.83. The van der Waals surface area contributed by atoms with Gasteiger partial charge < -0.3 is 19.7 Å². The van der Waals surface area contributed by atoms with Crippen molar-refractivity contribution in [3.8, 4) is 11.5 Å². The van der Waals surface area contributed by atoms with Crippen molar-refractivity contribution < 1.29 is 27.4 Å². The van der Waals surface area contributed by atoms with Gasteiger partial charge in [0, 0.05) is 55.0 Å². The minimum atomic E-state index is -4.53. The highest BCUT2D eigenvalue weighted by atomic mass is 19.4. The van der Waals surface area contributed by atoms with Crippen LogP contribution in [0.25, 0.3) is 10.8 Å². The maximum Gasteiger partial charge on any atom is 0.405 e. The van der Waals surface area contributed by atoms with E-state index in [1.807, 2.05) is 18.2 Å². The van der Waals surface area contributed by atoms with Gasteiger partial charge >= 0.3 is 6.18 Å². The molecule has 0 aliphatic carbocycles. The van der Waals surface area contributed by atoms with Crippen molar-refractivity contribution in [2.75, 3.05) is 50.8 Å². The van der Waals surface area contributed by atoms with E-state index in [1.165, 1.54) is 4.68 Å². The zero-order valence-electron chi connectivity index (χ0n) is 28.0. The molecule has 4 heterocycles. The van der Waals surface area contributed by atoms with Gasteiger partial charge in [0.05, 0.1) is 24.2 Å². The molecule has 1 atom stereocenters. The lowest BCUT2D eigenvalue weighted by Gasteiger charge is -2.39. The van der Waals surface area contributed by atoms with Crippen LogP contribution in [0.15, 0.2) is 77.7 Å². The molecule has 4 aromatic rings. The monoisotopic (exact) mass is 689 g/mol. The molecule has 264 valence electrons. The maximum absolute atomic E-state index is 13.9. The molecule has 1 amide bonds. The summed E-state index contributed by atoms with van der Waals surface area (Å²) in [7, 11) is 0. The number of fused-ring (bicyclic) bond motifs is 3. The number of rotatable bonds is 10. The molecule has 0 bridgehead atoms. The highest BCUT2D eigenvalue weighted by molar-refractivity contribution is 5.94. The van der Waals surface area contributed by atoms with Gasteiger partial charge in [-0.1, -0.05) is 48.9 Å². The zero-order valence-corrected chi connectivity index (χ0v) is 28.0. The van der Waals surface area contributed by atoms with E-state index in [2.05, 4.69) is 20.2 Å². The predicted molar refractivity (Wildman–Crippen MR) is 185 cm³/mol. The number of alkyl halides is 3. The number of aromatic nitrogens is 2. The van der Waals surface area contributed by atoms with Crippen molar-refractivity contribution in [1.82, 2.24) is 20.0 Å². The molecular formula is C38H42F3N5O4. The molecule has 3 aliphatic heterocycles. The molecule has 2 fully saturated rings. The summed E-state index contributed by atoms with van der Waals surface area (Å²) < 4.78 is 53.2. The second kappa shape index (κ2) is 14.4. The Morgan fingerprint density at radius 2 is 1.66 bits per heavy atom. The Kier molecular flexibility index (Phi) is 9.83. The Hall–Kier alpha value is -4.42. The first kappa shape index (κ1) is 34.0. The highest BCUT2D eigenvalue weighted by Crippen LogP contribution is 2.50. The van der Waals surface area contributed by atoms with Gasteiger partial charge in [-0.15, -0.1) is 0 Å². The first-order valence-electron chi connectivity index (χ1n) is 17.5. The van der Waals surface area contributed by atoms with Crippen LogP contribution in [-0.2, 0) is 21.5 Å². The zero-order chi connectivity index (χ0) is 34.7. The number of carbonyl (C=O) groups is 1. The standard InChI is InChI=1S/C38H42F3N5O4/c39-38(40,41)26-42-36(48)37(31-10-1-3-12-33(31)50-34-13-4-2-11-32(34)37)16-6-7-17-44-18-20-45(21-19-44)28-15-14-27-24-43-46(35(47)30(27)23-28)25-29-9-5-8-22-49-29/h1-4,10-15,23-24,29H,5-9,16-22,25-26H2,(H,42,48). The SMILES string of the molecule is O=C(NCC(F)(F)F)C1(CCCCN2CCN(c3ccc4cnn(CC5CCCCO5)c(=O)c4c3)CC2)c2ccccc2Oc2ccccc21. The van der Waals surface area contributed by atoms with E-state index in [0.717, 1.165) is 76.1 Å². The van der Waals surface area contributed by atoms with Gasteiger partial charge in [0.15, 0.2) is 0 Å². The average molecular weight is 690 g/mol. The normalized spacial score (nSPS) is 19.0. The van der Waals surface area contributed by atoms with Crippen molar-refractivity contribution in [3.63, 3.8) is 0 Å². The lowest BCUT2D eigenvalue weighted by Crippen LogP contribution is -2.49. The number of halogens is 3. The smallest absolute Gasteiger partial charge is 0.405 e. The molecule has 2 saturated heterocycles. The van der Waals surface area contributed by atoms with E-state index >= 15 is 0 Å². The minimum absolute atomic E-state index is 0.0167. The van der Waals surface area contributed by atoms with Crippen LogP contribution in [0.1, 0.15) is 49.7 Å². The van der Waals surface area contributed by atoms with Crippen LogP contribution in [-0.4, -0.2) is 78.7 Å². The summed E-state index contributed by atoms with van der Waals surface area (Å²) in [6.07, 6.45) is 2.07. The fourth-order valence-electron chi connectivity index (χ4n) is 7.63. The summed E-state index contributed by atoms with van der Waals surface area (Å²) >= 11 is 0. The van der Waals surface area contributed by atoms with Crippen molar-refractivity contribution in [2.24, 2.45) is 0 Å². The third-order valence-corrected chi connectivity index (χ3v) is 10.3. The first-order chi connectivity index (χ1) is 24.2. The van der Waals surface area contributed by atoms with Gasteiger partial charge in [-0.2, -0.15) is 18.3 Å². The average Bonchev–Trinajstić information content (AvgIpc) is 3.13. The molecule has 12 heteroatoms. The van der Waals surface area contributed by atoms with Gasteiger partial charge in [0.25, 0.3) is 5.56 Å². The Morgan fingerprint density at radius 1 is 0.940 bits per heavy atom. The van der Waals surface area contributed by atoms with Crippen molar-refractivity contribution in [3.05, 3.63) is 94.4 Å². The molecule has 0 saturated carbocycles. The topological polar surface area (TPSA) is 88.9 Å². The molecule has 3 aliphatic rings. The number of carbonyl (C=O) groups excluding carboxylic acids is 1. The van der Waals surface area contributed by atoms with E-state index in [-0.39, 0.29) is 11.7 Å². The van der Waals surface area contributed by atoms with Crippen LogP contribution in [0.2, 0.25) is 0 Å². The molecule has 9 nitrogen and oxygen atoms in total. The number of piperazine rings is 1. The van der Waals surface area contributed by atoms with Crippen LogP contribution in [0.5, 0.6) is 11.5 Å². The van der Waals surface area contributed by atoms with Gasteiger partial charge in [-0.3, -0.25) is 14.5 Å². The Morgan fingerprint density at radius 3 is 2.34 bits per heavy atom. The Balaban J connectivity index is 0.998. The molecular weight excluding hydrogens is 647 g/mol. The van der Waals surface area contributed by atoms with Crippen LogP contribution < -0.4 is 20.5 Å². The van der Waals surface area contributed by atoms with Gasteiger partial charge in [-0.25, -0.2) is 4.68 Å². The number of amides is 1. The number of anilines is 1. The lowest BCUT2D eigenvalue weighted by molar-refractivity contribution is -0.141. The van der Waals surface area contributed by atoms with Crippen LogP contribution in [0.4, 0.5) is 18.9 Å². The van der Waals surface area contributed by atoms with Crippen molar-refractivity contribution in [1.29, 1.82) is 0 Å².